The zero-order valence-electron chi connectivity index (χ0n) is 18.2. The van der Waals surface area contributed by atoms with Crippen LogP contribution in [-0.4, -0.2) is 40.4 Å². The largest absolute Gasteiger partial charge is 0.493 e. The Morgan fingerprint density at radius 3 is 2.33 bits per heavy atom. The molecular formula is C22H31FIN3O3. The van der Waals surface area contributed by atoms with Gasteiger partial charge >= 0.3 is 0 Å². The zero-order valence-corrected chi connectivity index (χ0v) is 20.5. The lowest BCUT2D eigenvalue weighted by Gasteiger charge is -2.16. The lowest BCUT2D eigenvalue weighted by Crippen LogP contribution is -2.38. The van der Waals surface area contributed by atoms with Crippen molar-refractivity contribution in [1.29, 1.82) is 0 Å². The first-order chi connectivity index (χ1) is 14.0. The molecule has 6 nitrogen and oxygen atoms in total. The van der Waals surface area contributed by atoms with Crippen LogP contribution in [-0.2, 0) is 13.0 Å². The lowest BCUT2D eigenvalue weighted by atomic mass is 10.1. The van der Waals surface area contributed by atoms with Gasteiger partial charge in [0.15, 0.2) is 17.5 Å². The molecule has 0 fully saturated rings. The highest BCUT2D eigenvalue weighted by Gasteiger charge is 2.15. The second-order valence-corrected chi connectivity index (χ2v) is 6.45. The third-order valence-electron chi connectivity index (χ3n) is 4.46. The number of rotatable bonds is 9. The molecule has 0 saturated heterocycles. The summed E-state index contributed by atoms with van der Waals surface area (Å²) in [6.45, 7) is 5.63. The van der Waals surface area contributed by atoms with E-state index in [-0.39, 0.29) is 29.8 Å². The van der Waals surface area contributed by atoms with E-state index < -0.39 is 0 Å². The summed E-state index contributed by atoms with van der Waals surface area (Å²) in [6.07, 6.45) is 0.712. The van der Waals surface area contributed by atoms with Crippen LogP contribution in [0.3, 0.4) is 0 Å². The topological polar surface area (TPSA) is 64.1 Å². The summed E-state index contributed by atoms with van der Waals surface area (Å²) in [5, 5.41) is 6.54. The first kappa shape index (κ1) is 25.8. The molecule has 30 heavy (non-hydrogen) atoms. The molecule has 0 spiro atoms. The van der Waals surface area contributed by atoms with Gasteiger partial charge in [-0.2, -0.15) is 0 Å². The maximum atomic E-state index is 13.4. The van der Waals surface area contributed by atoms with Crippen molar-refractivity contribution in [2.24, 2.45) is 4.99 Å². The average molecular weight is 531 g/mol. The summed E-state index contributed by atoms with van der Waals surface area (Å²) in [5.74, 6) is 2.38. The maximum absolute atomic E-state index is 13.4. The molecule has 2 aromatic rings. The minimum atomic E-state index is -0.202. The van der Waals surface area contributed by atoms with Crippen molar-refractivity contribution in [3.05, 3.63) is 52.8 Å². The van der Waals surface area contributed by atoms with Gasteiger partial charge in [-0.1, -0.05) is 18.2 Å². The molecule has 166 valence electrons. The number of benzene rings is 2. The van der Waals surface area contributed by atoms with Gasteiger partial charge in [0.2, 0.25) is 5.75 Å². The minimum absolute atomic E-state index is 0. The van der Waals surface area contributed by atoms with Crippen LogP contribution < -0.4 is 24.8 Å². The second-order valence-electron chi connectivity index (χ2n) is 6.45. The molecule has 0 bridgehead atoms. The Balaban J connectivity index is 0.00000450. The van der Waals surface area contributed by atoms with E-state index in [1.54, 1.807) is 34.3 Å². The van der Waals surface area contributed by atoms with Crippen LogP contribution in [0.1, 0.15) is 23.6 Å². The van der Waals surface area contributed by atoms with Gasteiger partial charge in [-0.25, -0.2) is 9.38 Å². The van der Waals surface area contributed by atoms with E-state index in [0.717, 1.165) is 17.7 Å². The summed E-state index contributed by atoms with van der Waals surface area (Å²) in [7, 11) is 4.81. The van der Waals surface area contributed by atoms with E-state index in [1.165, 1.54) is 6.07 Å². The van der Waals surface area contributed by atoms with Crippen molar-refractivity contribution in [1.82, 2.24) is 10.6 Å². The lowest BCUT2D eigenvalue weighted by molar-refractivity contribution is 0.322. The molecular weight excluding hydrogens is 500 g/mol. The molecule has 2 N–H and O–H groups in total. The molecule has 0 aliphatic rings. The number of aryl methyl sites for hydroxylation is 1. The van der Waals surface area contributed by atoms with E-state index in [1.807, 2.05) is 25.1 Å². The SMILES string of the molecule is CCNC(=NCc1ccc(F)c(C)c1)NCCc1ccc(OC)c(OC)c1OC.I. The zero-order chi connectivity index (χ0) is 21.2. The number of hydrogen-bond acceptors (Lipinski definition) is 4. The van der Waals surface area contributed by atoms with Crippen LogP contribution in [0.5, 0.6) is 17.2 Å². The number of guanidine groups is 1. The van der Waals surface area contributed by atoms with Gasteiger partial charge in [0, 0.05) is 18.7 Å². The maximum Gasteiger partial charge on any atom is 0.203 e. The Morgan fingerprint density at radius 2 is 1.73 bits per heavy atom. The van der Waals surface area contributed by atoms with E-state index in [9.17, 15) is 4.39 Å². The number of aliphatic imine (C=N–C) groups is 1. The van der Waals surface area contributed by atoms with E-state index in [4.69, 9.17) is 14.2 Å². The smallest absolute Gasteiger partial charge is 0.203 e. The first-order valence-corrected chi connectivity index (χ1v) is 9.59. The van der Waals surface area contributed by atoms with Crippen LogP contribution in [0.25, 0.3) is 0 Å². The van der Waals surface area contributed by atoms with Crippen LogP contribution in [0.4, 0.5) is 4.39 Å². The Labute approximate surface area is 195 Å². The summed E-state index contributed by atoms with van der Waals surface area (Å²) >= 11 is 0. The van der Waals surface area contributed by atoms with E-state index in [0.29, 0.717) is 48.3 Å². The fourth-order valence-electron chi connectivity index (χ4n) is 2.99. The van der Waals surface area contributed by atoms with Crippen molar-refractivity contribution in [3.8, 4) is 17.2 Å². The van der Waals surface area contributed by atoms with Crippen molar-refractivity contribution in [3.63, 3.8) is 0 Å². The summed E-state index contributed by atoms with van der Waals surface area (Å²) in [5.41, 5.74) is 2.58. The molecule has 0 radical (unpaired) electrons. The molecule has 8 heteroatoms. The third-order valence-corrected chi connectivity index (χ3v) is 4.46. The van der Waals surface area contributed by atoms with Crippen LogP contribution in [0.15, 0.2) is 35.3 Å². The Morgan fingerprint density at radius 1 is 1.00 bits per heavy atom. The normalized spacial score (nSPS) is 10.8. The molecule has 0 unspecified atom stereocenters. The molecule has 2 rings (SSSR count). The quantitative estimate of drug-likeness (QED) is 0.290. The van der Waals surface area contributed by atoms with Crippen molar-refractivity contribution in [2.45, 2.75) is 26.8 Å². The van der Waals surface area contributed by atoms with Gasteiger partial charge in [-0.05, 0) is 43.5 Å². The molecule has 0 aromatic heterocycles. The van der Waals surface area contributed by atoms with Crippen LogP contribution >= 0.6 is 24.0 Å². The van der Waals surface area contributed by atoms with E-state index >= 15 is 0 Å². The fraction of sp³-hybridized carbons (Fsp3) is 0.409. The number of halogens is 2. The molecule has 0 amide bonds. The second kappa shape index (κ2) is 13.1. The predicted molar refractivity (Wildman–Crippen MR) is 129 cm³/mol. The predicted octanol–water partition coefficient (Wildman–Crippen LogP) is 4.08. The monoisotopic (exact) mass is 531 g/mol. The van der Waals surface area contributed by atoms with Crippen LogP contribution in [0.2, 0.25) is 0 Å². The highest BCUT2D eigenvalue weighted by Crippen LogP contribution is 2.39. The van der Waals surface area contributed by atoms with Crippen LogP contribution in [0, 0.1) is 12.7 Å². The number of nitrogens with zero attached hydrogens (tertiary/aromatic N) is 1. The van der Waals surface area contributed by atoms with Crippen molar-refractivity contribution in [2.75, 3.05) is 34.4 Å². The molecule has 0 saturated carbocycles. The Hall–Kier alpha value is -2.23. The third kappa shape index (κ3) is 6.93. The van der Waals surface area contributed by atoms with Gasteiger partial charge in [0.1, 0.15) is 5.82 Å². The Kier molecular flexibility index (Phi) is 11.3. The number of methoxy groups -OCH3 is 3. The molecule has 0 aliphatic heterocycles. The molecule has 0 heterocycles. The first-order valence-electron chi connectivity index (χ1n) is 9.59. The fourth-order valence-corrected chi connectivity index (χ4v) is 2.99. The number of hydrogen-bond donors (Lipinski definition) is 2. The number of nitrogens with one attached hydrogen (secondary N) is 2. The van der Waals surface area contributed by atoms with Gasteiger partial charge in [-0.15, -0.1) is 24.0 Å². The van der Waals surface area contributed by atoms with Crippen molar-refractivity contribution < 1.29 is 18.6 Å². The molecule has 2 aromatic carbocycles. The molecule has 0 aliphatic carbocycles. The highest BCUT2D eigenvalue weighted by molar-refractivity contribution is 14.0. The minimum Gasteiger partial charge on any atom is -0.493 e. The summed E-state index contributed by atoms with van der Waals surface area (Å²) in [4.78, 5) is 4.59. The van der Waals surface area contributed by atoms with Crippen molar-refractivity contribution >= 4 is 29.9 Å². The Bertz CT molecular complexity index is 847. The van der Waals surface area contributed by atoms with E-state index in [2.05, 4.69) is 15.6 Å². The molecule has 0 atom stereocenters. The van der Waals surface area contributed by atoms with Gasteiger partial charge in [0.05, 0.1) is 27.9 Å². The highest BCUT2D eigenvalue weighted by atomic mass is 127. The van der Waals surface area contributed by atoms with Gasteiger partial charge in [-0.3, -0.25) is 0 Å². The summed E-state index contributed by atoms with van der Waals surface area (Å²) < 4.78 is 29.7. The standard InChI is InChI=1S/C22H30FN3O3.HI/c1-6-24-22(26-14-16-7-9-18(23)15(2)13-16)25-12-11-17-8-10-19(27-3)21(29-5)20(17)28-4;/h7-10,13H,6,11-12,14H2,1-5H3,(H2,24,25,26);1H. The number of ether oxygens (including phenoxy) is 3. The average Bonchev–Trinajstić information content (AvgIpc) is 2.73. The van der Waals surface area contributed by atoms with Gasteiger partial charge < -0.3 is 24.8 Å². The van der Waals surface area contributed by atoms with Gasteiger partial charge in [0.25, 0.3) is 0 Å². The summed E-state index contributed by atoms with van der Waals surface area (Å²) in [6, 6.07) is 8.88.